The number of rotatable bonds is 9. The van der Waals surface area contributed by atoms with Gasteiger partial charge in [-0.25, -0.2) is 13.2 Å². The molecule has 2 N–H and O–H groups in total. The Morgan fingerprint density at radius 1 is 1.13 bits per heavy atom. The Kier molecular flexibility index (Phi) is 7.63. The third-order valence-electron chi connectivity index (χ3n) is 3.88. The van der Waals surface area contributed by atoms with E-state index >= 15 is 0 Å². The van der Waals surface area contributed by atoms with E-state index in [0.717, 1.165) is 24.3 Å². The van der Waals surface area contributed by atoms with Crippen LogP contribution >= 0.6 is 11.6 Å². The minimum atomic E-state index is -4.89. The maximum absolute atomic E-state index is 13.1. The van der Waals surface area contributed by atoms with Crippen molar-refractivity contribution in [3.8, 4) is 11.5 Å². The Morgan fingerprint density at radius 2 is 1.81 bits per heavy atom. The van der Waals surface area contributed by atoms with Gasteiger partial charge in [0, 0.05) is 19.2 Å². The van der Waals surface area contributed by atoms with Gasteiger partial charge in [0.25, 0.3) is 10.0 Å². The summed E-state index contributed by atoms with van der Waals surface area (Å²) in [4.78, 5) is 10.8. The summed E-state index contributed by atoms with van der Waals surface area (Å²) in [6.07, 6.45) is -4.89. The number of carboxylic acid groups (broad SMARTS) is 1. The van der Waals surface area contributed by atoms with E-state index in [9.17, 15) is 31.5 Å². The van der Waals surface area contributed by atoms with Crippen molar-refractivity contribution in [2.24, 2.45) is 0 Å². The summed E-state index contributed by atoms with van der Waals surface area (Å²) in [5.74, 6) is -1.51. The number of benzene rings is 2. The molecule has 2 aromatic carbocycles. The van der Waals surface area contributed by atoms with Gasteiger partial charge in [0.1, 0.15) is 6.61 Å². The number of anilines is 1. The number of hydrogen-bond acceptors (Lipinski definition) is 6. The molecule has 0 amide bonds. The Hall–Kier alpha value is -2.70. The predicted octanol–water partition coefficient (Wildman–Crippen LogP) is 3.89. The molecule has 0 aliphatic heterocycles. The van der Waals surface area contributed by atoms with E-state index in [1.165, 1.54) is 14.2 Å². The maximum Gasteiger partial charge on any atom is 0.417 e. The lowest BCUT2D eigenvalue weighted by Crippen LogP contribution is -2.17. The van der Waals surface area contributed by atoms with Gasteiger partial charge in [-0.05, 0) is 18.2 Å². The van der Waals surface area contributed by atoms with Gasteiger partial charge < -0.3 is 19.3 Å². The van der Waals surface area contributed by atoms with Crippen molar-refractivity contribution >= 4 is 33.3 Å². The van der Waals surface area contributed by atoms with Gasteiger partial charge in [-0.3, -0.25) is 4.72 Å². The van der Waals surface area contributed by atoms with E-state index in [2.05, 4.69) is 0 Å². The molecular weight excluding hydrogens is 467 g/mol. The predicted molar refractivity (Wildman–Crippen MR) is 105 cm³/mol. The highest BCUT2D eigenvalue weighted by Crippen LogP contribution is 2.37. The van der Waals surface area contributed by atoms with E-state index < -0.39 is 48.9 Å². The molecule has 0 aliphatic carbocycles. The van der Waals surface area contributed by atoms with Crippen molar-refractivity contribution in [3.63, 3.8) is 0 Å². The van der Waals surface area contributed by atoms with Crippen LogP contribution in [0.1, 0.15) is 15.9 Å². The highest BCUT2D eigenvalue weighted by molar-refractivity contribution is 7.92. The van der Waals surface area contributed by atoms with Crippen molar-refractivity contribution < 1.29 is 45.7 Å². The highest BCUT2D eigenvalue weighted by Gasteiger charge is 2.34. The normalized spacial score (nSPS) is 11.8. The number of carbonyl (C=O) groups is 1. The van der Waals surface area contributed by atoms with Gasteiger partial charge in [0.15, 0.2) is 11.5 Å². The monoisotopic (exact) mass is 483 g/mol. The second kappa shape index (κ2) is 9.62. The molecule has 2 aromatic rings. The van der Waals surface area contributed by atoms with Crippen molar-refractivity contribution in [1.82, 2.24) is 0 Å². The number of sulfonamides is 1. The van der Waals surface area contributed by atoms with Gasteiger partial charge >= 0.3 is 12.1 Å². The van der Waals surface area contributed by atoms with Crippen LogP contribution in [0.25, 0.3) is 0 Å². The molecule has 0 atom stereocenters. The number of ether oxygens (including phenoxy) is 3. The molecule has 0 aromatic heterocycles. The fourth-order valence-corrected chi connectivity index (χ4v) is 3.74. The minimum Gasteiger partial charge on any atom is -0.493 e. The van der Waals surface area contributed by atoms with Crippen LogP contribution in [0.15, 0.2) is 35.2 Å². The first kappa shape index (κ1) is 24.6. The quantitative estimate of drug-likeness (QED) is 0.520. The van der Waals surface area contributed by atoms with Crippen LogP contribution in [0.3, 0.4) is 0 Å². The van der Waals surface area contributed by atoms with Crippen molar-refractivity contribution in [3.05, 3.63) is 46.5 Å². The average molecular weight is 484 g/mol. The standard InChI is InChI=1S/C18H17ClF3NO7S/c1-28-5-6-30-16-9-14(11(17(24)25)8-15(16)29-2)23-31(26,27)10-3-4-13(19)12(7-10)18(20,21)22/h3-4,7-9,23H,5-6H2,1-2H3,(H,24,25). The van der Waals surface area contributed by atoms with Crippen LogP contribution in [0.4, 0.5) is 18.9 Å². The highest BCUT2D eigenvalue weighted by atomic mass is 35.5. The maximum atomic E-state index is 13.1. The zero-order valence-electron chi connectivity index (χ0n) is 16.1. The number of hydrogen-bond donors (Lipinski definition) is 2. The molecule has 31 heavy (non-hydrogen) atoms. The number of aromatic carboxylic acids is 1. The third-order valence-corrected chi connectivity index (χ3v) is 5.57. The molecule has 0 fully saturated rings. The zero-order chi connectivity index (χ0) is 23.4. The number of alkyl halides is 3. The largest absolute Gasteiger partial charge is 0.493 e. The first-order chi connectivity index (χ1) is 14.4. The molecule has 0 heterocycles. The van der Waals surface area contributed by atoms with Crippen LogP contribution in [0, 0.1) is 0 Å². The summed E-state index contributed by atoms with van der Waals surface area (Å²) in [5, 5.41) is 8.74. The molecule has 8 nitrogen and oxygen atoms in total. The summed E-state index contributed by atoms with van der Waals surface area (Å²) in [5.41, 5.74) is -2.30. The van der Waals surface area contributed by atoms with E-state index in [1.807, 2.05) is 4.72 Å². The Bertz CT molecular complexity index is 1070. The molecule has 0 bridgehead atoms. The smallest absolute Gasteiger partial charge is 0.417 e. The van der Waals surface area contributed by atoms with E-state index in [1.54, 1.807) is 0 Å². The van der Waals surface area contributed by atoms with Crippen LogP contribution < -0.4 is 14.2 Å². The fraction of sp³-hybridized carbons (Fsp3) is 0.278. The summed E-state index contributed by atoms with van der Waals surface area (Å²) < 4.78 is 81.9. The molecule has 170 valence electrons. The lowest BCUT2D eigenvalue weighted by atomic mass is 10.1. The minimum absolute atomic E-state index is 0.00213. The molecule has 13 heteroatoms. The van der Waals surface area contributed by atoms with Crippen LogP contribution in [0.2, 0.25) is 5.02 Å². The second-order valence-electron chi connectivity index (χ2n) is 5.94. The van der Waals surface area contributed by atoms with Crippen molar-refractivity contribution in [2.45, 2.75) is 11.1 Å². The Labute approximate surface area is 180 Å². The molecular formula is C18H17ClF3NO7S. The molecule has 0 radical (unpaired) electrons. The van der Waals surface area contributed by atoms with Gasteiger partial charge in [0.05, 0.1) is 40.4 Å². The SMILES string of the molecule is COCCOc1cc(NS(=O)(=O)c2ccc(Cl)c(C(F)(F)F)c2)c(C(=O)O)cc1OC. The van der Waals surface area contributed by atoms with E-state index in [4.69, 9.17) is 25.8 Å². The van der Waals surface area contributed by atoms with Gasteiger partial charge in [-0.15, -0.1) is 0 Å². The number of halogens is 4. The second-order valence-corrected chi connectivity index (χ2v) is 8.03. The molecule has 0 saturated carbocycles. The first-order valence-corrected chi connectivity index (χ1v) is 10.2. The molecule has 0 aliphatic rings. The average Bonchev–Trinajstić information content (AvgIpc) is 2.67. The lowest BCUT2D eigenvalue weighted by Gasteiger charge is -2.16. The van der Waals surface area contributed by atoms with E-state index in [0.29, 0.717) is 6.07 Å². The van der Waals surface area contributed by atoms with Crippen LogP contribution in [0.5, 0.6) is 11.5 Å². The van der Waals surface area contributed by atoms with Gasteiger partial charge in [-0.1, -0.05) is 11.6 Å². The number of carboxylic acids is 1. The summed E-state index contributed by atoms with van der Waals surface area (Å²) >= 11 is 5.52. The molecule has 0 saturated heterocycles. The molecule has 2 rings (SSSR count). The van der Waals surface area contributed by atoms with Gasteiger partial charge in [0.2, 0.25) is 0 Å². The zero-order valence-corrected chi connectivity index (χ0v) is 17.7. The third kappa shape index (κ3) is 5.93. The molecule has 0 unspecified atom stereocenters. The topological polar surface area (TPSA) is 111 Å². The van der Waals surface area contributed by atoms with Gasteiger partial charge in [-0.2, -0.15) is 13.2 Å². The van der Waals surface area contributed by atoms with Crippen molar-refractivity contribution in [1.29, 1.82) is 0 Å². The van der Waals surface area contributed by atoms with E-state index in [-0.39, 0.29) is 24.7 Å². The number of methoxy groups -OCH3 is 2. The summed E-state index contributed by atoms with van der Waals surface area (Å²) in [7, 11) is -1.95. The van der Waals surface area contributed by atoms with Crippen LogP contribution in [-0.2, 0) is 20.9 Å². The van der Waals surface area contributed by atoms with Crippen LogP contribution in [-0.4, -0.2) is 46.9 Å². The number of nitrogens with one attached hydrogen (secondary N) is 1. The summed E-state index contributed by atoms with van der Waals surface area (Å²) in [6, 6.07) is 4.07. The molecule has 0 spiro atoms. The summed E-state index contributed by atoms with van der Waals surface area (Å²) in [6.45, 7) is 0.216. The fourth-order valence-electron chi connectivity index (χ4n) is 2.42. The first-order valence-electron chi connectivity index (χ1n) is 8.37. The Balaban J connectivity index is 2.52. The van der Waals surface area contributed by atoms with Crippen molar-refractivity contribution in [2.75, 3.05) is 32.2 Å². The Morgan fingerprint density at radius 3 is 2.35 bits per heavy atom. The lowest BCUT2D eigenvalue weighted by molar-refractivity contribution is -0.137.